The zero-order valence-corrected chi connectivity index (χ0v) is 8.61. The zero-order chi connectivity index (χ0) is 11.0. The number of nitrogens with zero attached hydrogens (tertiary/aromatic N) is 1. The monoisotopic (exact) mass is 205 g/mol. The van der Waals surface area contributed by atoms with Gasteiger partial charge in [0.05, 0.1) is 10.9 Å². The third kappa shape index (κ3) is 1.48. The third-order valence-corrected chi connectivity index (χ3v) is 2.38. The van der Waals surface area contributed by atoms with Crippen LogP contribution in [0.4, 0.5) is 0 Å². The summed E-state index contributed by atoms with van der Waals surface area (Å²) in [6.45, 7) is 4.21. The number of aromatic nitrogens is 1. The van der Waals surface area contributed by atoms with E-state index in [1.807, 2.05) is 19.9 Å². The highest BCUT2D eigenvalue weighted by atomic mass is 16.4. The van der Waals surface area contributed by atoms with Crippen LogP contribution < -0.4 is 11.4 Å². The average Bonchev–Trinajstić information content (AvgIpc) is 2.19. The first-order valence-electron chi connectivity index (χ1n) is 4.78. The minimum Gasteiger partial charge on any atom is -0.372 e. The Morgan fingerprint density at radius 2 is 2.07 bits per heavy atom. The molecule has 0 atom stereocenters. The maximum atomic E-state index is 11.4. The maximum absolute atomic E-state index is 11.4. The van der Waals surface area contributed by atoms with Crippen molar-refractivity contribution in [1.82, 2.24) is 4.57 Å². The van der Waals surface area contributed by atoms with Crippen molar-refractivity contribution in [2.24, 2.45) is 0 Å². The summed E-state index contributed by atoms with van der Waals surface area (Å²) in [5.41, 5.74) is 1.03. The molecule has 0 spiro atoms. The van der Waals surface area contributed by atoms with Crippen molar-refractivity contribution in [3.8, 4) is 0 Å². The van der Waals surface area contributed by atoms with E-state index >= 15 is 0 Å². The van der Waals surface area contributed by atoms with Gasteiger partial charge in [-0.05, 0) is 26.0 Å². The first kappa shape index (κ1) is 9.71. The molecule has 4 nitrogen and oxygen atoms in total. The van der Waals surface area contributed by atoms with E-state index in [2.05, 4.69) is 4.42 Å². The lowest BCUT2D eigenvalue weighted by Gasteiger charge is -2.05. The Bertz CT molecular complexity index is 622. The van der Waals surface area contributed by atoms with E-state index in [9.17, 15) is 9.59 Å². The van der Waals surface area contributed by atoms with Gasteiger partial charge in [-0.2, -0.15) is 0 Å². The molecule has 0 aliphatic heterocycles. The van der Waals surface area contributed by atoms with Gasteiger partial charge in [-0.1, -0.05) is 11.6 Å². The topological polar surface area (TPSA) is 52.2 Å². The molecule has 1 heterocycles. The van der Waals surface area contributed by atoms with E-state index in [0.29, 0.717) is 17.4 Å². The Kier molecular flexibility index (Phi) is 2.19. The first-order chi connectivity index (χ1) is 7.13. The molecule has 0 aliphatic carbocycles. The van der Waals surface area contributed by atoms with Crippen LogP contribution in [0.1, 0.15) is 12.5 Å². The van der Waals surface area contributed by atoms with Crippen LogP contribution >= 0.6 is 0 Å². The van der Waals surface area contributed by atoms with Crippen LogP contribution in [0.2, 0.25) is 0 Å². The molecule has 0 unspecified atom stereocenters. The summed E-state index contributed by atoms with van der Waals surface area (Å²) < 4.78 is 6.06. The molecule has 0 saturated carbocycles. The van der Waals surface area contributed by atoms with Gasteiger partial charge >= 0.3 is 11.4 Å². The van der Waals surface area contributed by atoms with Crippen LogP contribution in [0.15, 0.2) is 32.2 Å². The van der Waals surface area contributed by atoms with E-state index in [1.54, 1.807) is 12.1 Å². The summed E-state index contributed by atoms with van der Waals surface area (Å²) in [5.74, 6) is -0.598. The molecule has 1 aromatic carbocycles. The molecule has 2 rings (SSSR count). The second kappa shape index (κ2) is 3.38. The highest BCUT2D eigenvalue weighted by Crippen LogP contribution is 2.10. The molecule has 0 aliphatic rings. The Morgan fingerprint density at radius 1 is 1.33 bits per heavy atom. The standard InChI is InChI=1S/C11H11NO3/c1-3-12-9-5-4-7(2)6-8(9)10(13)15-11(12)14/h4-6H,3H2,1-2H3. The van der Waals surface area contributed by atoms with Gasteiger partial charge in [0.15, 0.2) is 0 Å². The lowest BCUT2D eigenvalue weighted by molar-refractivity contribution is 0.421. The van der Waals surface area contributed by atoms with Gasteiger partial charge in [0, 0.05) is 6.54 Å². The van der Waals surface area contributed by atoms with Crippen LogP contribution in [-0.2, 0) is 6.54 Å². The largest absolute Gasteiger partial charge is 0.422 e. The van der Waals surface area contributed by atoms with Crippen molar-refractivity contribution in [2.75, 3.05) is 0 Å². The smallest absolute Gasteiger partial charge is 0.372 e. The molecule has 1 aromatic heterocycles. The fraction of sp³-hybridized carbons (Fsp3) is 0.273. The van der Waals surface area contributed by atoms with Crippen LogP contribution in [-0.4, -0.2) is 4.57 Å². The van der Waals surface area contributed by atoms with E-state index < -0.39 is 11.4 Å². The number of benzene rings is 1. The minimum atomic E-state index is -0.598. The van der Waals surface area contributed by atoms with Crippen molar-refractivity contribution in [2.45, 2.75) is 20.4 Å². The molecular weight excluding hydrogens is 194 g/mol. The highest BCUT2D eigenvalue weighted by Gasteiger charge is 2.07. The summed E-state index contributed by atoms with van der Waals surface area (Å²) in [6, 6.07) is 5.37. The van der Waals surface area contributed by atoms with Gasteiger partial charge in [-0.3, -0.25) is 4.57 Å². The molecule has 4 heteroatoms. The minimum absolute atomic E-state index is 0.455. The van der Waals surface area contributed by atoms with Crippen molar-refractivity contribution in [3.05, 3.63) is 44.7 Å². The molecule has 0 amide bonds. The van der Waals surface area contributed by atoms with Crippen molar-refractivity contribution < 1.29 is 4.42 Å². The molecule has 0 fully saturated rings. The summed E-state index contributed by atoms with van der Waals surface area (Å²) in [7, 11) is 0. The lowest BCUT2D eigenvalue weighted by atomic mass is 10.2. The van der Waals surface area contributed by atoms with Crippen molar-refractivity contribution >= 4 is 10.9 Å². The van der Waals surface area contributed by atoms with Gasteiger partial charge in [0.1, 0.15) is 0 Å². The van der Waals surface area contributed by atoms with Gasteiger partial charge in [0.25, 0.3) is 0 Å². The van der Waals surface area contributed by atoms with E-state index in [0.717, 1.165) is 5.56 Å². The van der Waals surface area contributed by atoms with Gasteiger partial charge < -0.3 is 4.42 Å². The summed E-state index contributed by atoms with van der Waals surface area (Å²) in [5, 5.41) is 0.455. The van der Waals surface area contributed by atoms with Crippen LogP contribution in [0.5, 0.6) is 0 Å². The van der Waals surface area contributed by atoms with Crippen molar-refractivity contribution in [3.63, 3.8) is 0 Å². The number of fused-ring (bicyclic) bond motifs is 1. The van der Waals surface area contributed by atoms with Gasteiger partial charge in [-0.15, -0.1) is 0 Å². The Balaban J connectivity index is 3.03. The Hall–Kier alpha value is -1.84. The average molecular weight is 205 g/mol. The molecule has 15 heavy (non-hydrogen) atoms. The van der Waals surface area contributed by atoms with Crippen molar-refractivity contribution in [1.29, 1.82) is 0 Å². The SMILES string of the molecule is CCn1c(=O)oc(=O)c2cc(C)ccc21. The fourth-order valence-electron chi connectivity index (χ4n) is 1.64. The number of hydrogen-bond donors (Lipinski definition) is 0. The summed E-state index contributed by atoms with van der Waals surface area (Å²) in [4.78, 5) is 22.8. The lowest BCUT2D eigenvalue weighted by Crippen LogP contribution is -2.24. The Labute approximate surface area is 85.8 Å². The first-order valence-corrected chi connectivity index (χ1v) is 4.78. The highest BCUT2D eigenvalue weighted by molar-refractivity contribution is 5.78. The molecular formula is C11H11NO3. The molecule has 0 saturated heterocycles. The molecule has 0 bridgehead atoms. The third-order valence-electron chi connectivity index (χ3n) is 2.38. The molecule has 2 aromatic rings. The van der Waals surface area contributed by atoms with E-state index in [-0.39, 0.29) is 0 Å². The fourth-order valence-corrected chi connectivity index (χ4v) is 1.64. The van der Waals surface area contributed by atoms with Crippen LogP contribution in [0, 0.1) is 6.92 Å². The summed E-state index contributed by atoms with van der Waals surface area (Å²) >= 11 is 0. The summed E-state index contributed by atoms with van der Waals surface area (Å²) in [6.07, 6.45) is 0. The molecule has 0 N–H and O–H groups in total. The quantitative estimate of drug-likeness (QED) is 0.704. The van der Waals surface area contributed by atoms with E-state index in [1.165, 1.54) is 4.57 Å². The second-order valence-corrected chi connectivity index (χ2v) is 3.42. The normalized spacial score (nSPS) is 10.8. The molecule has 0 radical (unpaired) electrons. The van der Waals surface area contributed by atoms with Crippen LogP contribution in [0.25, 0.3) is 10.9 Å². The van der Waals surface area contributed by atoms with E-state index in [4.69, 9.17) is 0 Å². The number of hydrogen-bond acceptors (Lipinski definition) is 3. The maximum Gasteiger partial charge on any atom is 0.422 e. The number of rotatable bonds is 1. The second-order valence-electron chi connectivity index (χ2n) is 3.42. The predicted molar refractivity (Wildman–Crippen MR) is 57.2 cm³/mol. The Morgan fingerprint density at radius 3 is 2.73 bits per heavy atom. The molecule has 78 valence electrons. The van der Waals surface area contributed by atoms with Gasteiger partial charge in [-0.25, -0.2) is 9.59 Å². The zero-order valence-electron chi connectivity index (χ0n) is 8.61. The number of aryl methyl sites for hydroxylation is 2. The predicted octanol–water partition coefficient (Wildman–Crippen LogP) is 1.28. The van der Waals surface area contributed by atoms with Crippen LogP contribution in [0.3, 0.4) is 0 Å². The van der Waals surface area contributed by atoms with Gasteiger partial charge in [0.2, 0.25) is 0 Å².